The van der Waals surface area contributed by atoms with Crippen molar-refractivity contribution in [2.75, 3.05) is 26.8 Å². The largest absolute Gasteiger partial charge is 0.507 e. The van der Waals surface area contributed by atoms with E-state index in [9.17, 15) is 45.0 Å². The summed E-state index contributed by atoms with van der Waals surface area (Å²) in [6, 6.07) is 4.44. The highest BCUT2D eigenvalue weighted by Gasteiger charge is 2.49. The van der Waals surface area contributed by atoms with E-state index in [1.807, 2.05) is 20.8 Å². The molecule has 0 amide bonds. The van der Waals surface area contributed by atoms with Crippen LogP contribution in [0, 0.1) is 10.8 Å². The number of aliphatic hydroxyl groups is 4. The molecule has 6 unspecified atom stereocenters. The van der Waals surface area contributed by atoms with Crippen LogP contribution in [0.3, 0.4) is 0 Å². The van der Waals surface area contributed by atoms with Crippen LogP contribution in [0.2, 0.25) is 0 Å². The van der Waals surface area contributed by atoms with Crippen LogP contribution in [0.5, 0.6) is 17.2 Å². The maximum atomic E-state index is 14.0. The first-order valence-electron chi connectivity index (χ1n) is 19.1. The second kappa shape index (κ2) is 17.5. The van der Waals surface area contributed by atoms with Crippen molar-refractivity contribution in [2.24, 2.45) is 15.9 Å². The van der Waals surface area contributed by atoms with Gasteiger partial charge in [-0.15, -0.1) is 0 Å². The monoisotopic (exact) mass is 833 g/mol. The number of hydrogen-bond acceptors (Lipinski definition) is 14. The first-order valence-corrected chi connectivity index (χ1v) is 21.6. The summed E-state index contributed by atoms with van der Waals surface area (Å²) in [6.45, 7) is 11.3. The molecule has 1 fully saturated rings. The number of hydrazone groups is 1. The molecular formula is C40H56N3O12PS. The fourth-order valence-electron chi connectivity index (χ4n) is 8.22. The Balaban J connectivity index is 1.51. The Morgan fingerprint density at radius 3 is 2.44 bits per heavy atom. The number of ether oxygens (including phenoxy) is 3. The van der Waals surface area contributed by atoms with Crippen LogP contribution in [0.1, 0.15) is 123 Å². The summed E-state index contributed by atoms with van der Waals surface area (Å²) in [4.78, 5) is 44.6. The zero-order valence-corrected chi connectivity index (χ0v) is 35.3. The number of methoxy groups -OCH3 is 1. The number of nitrogens with one attached hydrogen (secondary N) is 2. The zero-order valence-electron chi connectivity index (χ0n) is 33.5. The van der Waals surface area contributed by atoms with Crippen LogP contribution in [0.25, 0.3) is 0 Å². The molecule has 0 aromatic heterocycles. The van der Waals surface area contributed by atoms with Gasteiger partial charge >= 0.3 is 0 Å². The van der Waals surface area contributed by atoms with Crippen LogP contribution in [-0.2, 0) is 30.9 Å². The summed E-state index contributed by atoms with van der Waals surface area (Å²) >= 11 is 0. The highest BCUT2D eigenvalue weighted by atomic mass is 32.5. The predicted octanol–water partition coefficient (Wildman–Crippen LogP) is 3.36. The SMILES string of the molecule is CCC(C)(CNCC(C)O)CC(C)(C)C(=O)S(=P)N/N=C(/CO)[C@]1(O)Cc2c(O)c3c(c(O)c2[C@@H](OC2CCC(O)C(C)O2)C1)C(=O)c1c(OC)cccc1C3=O. The first-order chi connectivity index (χ1) is 26.7. The van der Waals surface area contributed by atoms with E-state index in [4.69, 9.17) is 14.2 Å². The van der Waals surface area contributed by atoms with Crippen LogP contribution >= 0.6 is 8.02 Å². The highest BCUT2D eigenvalue weighted by molar-refractivity contribution is 8.25. The number of fused-ring (bicyclic) bond motifs is 3. The van der Waals surface area contributed by atoms with Gasteiger partial charge in [-0.25, -0.2) is 4.83 Å². The molecule has 3 aliphatic rings. The Hall–Kier alpha value is -3.31. The number of aromatic hydroxyl groups is 2. The first kappa shape index (κ1) is 44.8. The van der Waals surface area contributed by atoms with Gasteiger partial charge < -0.3 is 50.2 Å². The second-order valence-corrected chi connectivity index (χ2v) is 18.8. The minimum Gasteiger partial charge on any atom is -0.507 e. The van der Waals surface area contributed by atoms with Crippen molar-refractivity contribution in [2.45, 2.75) is 116 Å². The number of aliphatic hydroxyl groups excluding tert-OH is 3. The molecule has 1 heterocycles. The van der Waals surface area contributed by atoms with Gasteiger partial charge in [0.2, 0.25) is 10.9 Å². The van der Waals surface area contributed by atoms with E-state index in [1.165, 1.54) is 25.3 Å². The van der Waals surface area contributed by atoms with Gasteiger partial charge in [-0.1, -0.05) is 47.8 Å². The van der Waals surface area contributed by atoms with Crippen molar-refractivity contribution in [3.63, 3.8) is 0 Å². The molecule has 17 heteroatoms. The highest BCUT2D eigenvalue weighted by Crippen LogP contribution is 2.52. The molecular weight excluding hydrogens is 777 g/mol. The maximum Gasteiger partial charge on any atom is 0.212 e. The number of nitrogens with zero attached hydrogens (tertiary/aromatic N) is 1. The Morgan fingerprint density at radius 2 is 1.82 bits per heavy atom. The molecule has 0 spiro atoms. The third-order valence-corrected chi connectivity index (χ3v) is 13.4. The quantitative estimate of drug-likeness (QED) is 0.0475. The number of phenols is 2. The molecule has 1 saturated heterocycles. The summed E-state index contributed by atoms with van der Waals surface area (Å²) in [7, 11) is 3.43. The van der Waals surface area contributed by atoms with Gasteiger partial charge in [-0.2, -0.15) is 5.10 Å². The van der Waals surface area contributed by atoms with Crippen LogP contribution in [0.15, 0.2) is 23.3 Å². The molecule has 0 bridgehead atoms. The molecule has 2 aliphatic carbocycles. The van der Waals surface area contributed by atoms with E-state index in [0.29, 0.717) is 25.9 Å². The van der Waals surface area contributed by atoms with Crippen molar-refractivity contribution < 1.29 is 59.2 Å². The van der Waals surface area contributed by atoms with E-state index < -0.39 is 99.2 Å². The molecule has 314 valence electrons. The van der Waals surface area contributed by atoms with Gasteiger partial charge in [-0.05, 0) is 44.6 Å². The minimum absolute atomic E-state index is 0.0441. The fourth-order valence-corrected chi connectivity index (χ4v) is 10.1. The topological polar surface area (TPSA) is 237 Å². The molecule has 0 saturated carbocycles. The van der Waals surface area contributed by atoms with Crippen molar-refractivity contribution in [3.8, 4) is 17.2 Å². The van der Waals surface area contributed by atoms with Crippen LogP contribution in [0.4, 0.5) is 0 Å². The van der Waals surface area contributed by atoms with Gasteiger partial charge in [0.25, 0.3) is 0 Å². The Kier molecular flexibility index (Phi) is 13.8. The number of hydrogen-bond donors (Lipinski definition) is 8. The summed E-state index contributed by atoms with van der Waals surface area (Å²) in [5.74, 6) is -2.69. The number of ketones is 2. The van der Waals surface area contributed by atoms with Crippen molar-refractivity contribution in [1.29, 1.82) is 0 Å². The Bertz CT molecular complexity index is 1960. The van der Waals surface area contributed by atoms with E-state index in [-0.39, 0.29) is 57.1 Å². The van der Waals surface area contributed by atoms with Gasteiger partial charge in [0, 0.05) is 64.7 Å². The van der Waals surface area contributed by atoms with Gasteiger partial charge in [0.1, 0.15) is 22.8 Å². The lowest BCUT2D eigenvalue weighted by atomic mass is 9.71. The fraction of sp³-hybridized carbons (Fsp3) is 0.600. The summed E-state index contributed by atoms with van der Waals surface area (Å²) < 4.78 is 17.6. The molecule has 5 rings (SSSR count). The lowest BCUT2D eigenvalue weighted by Crippen LogP contribution is -2.49. The van der Waals surface area contributed by atoms with Crippen molar-refractivity contribution in [3.05, 3.63) is 51.6 Å². The molecule has 2 aromatic rings. The zero-order chi connectivity index (χ0) is 42.2. The Labute approximate surface area is 337 Å². The van der Waals surface area contributed by atoms with E-state index in [0.717, 1.165) is 6.42 Å². The third kappa shape index (κ3) is 8.99. The van der Waals surface area contributed by atoms with Crippen molar-refractivity contribution in [1.82, 2.24) is 10.1 Å². The van der Waals surface area contributed by atoms with Gasteiger partial charge in [0.15, 0.2) is 12.1 Å². The van der Waals surface area contributed by atoms with Crippen LogP contribution < -0.4 is 14.9 Å². The number of phenolic OH excluding ortho intramolecular Hbond substituents is 2. The molecule has 0 radical (unpaired) electrons. The molecule has 2 aromatic carbocycles. The van der Waals surface area contributed by atoms with E-state index >= 15 is 0 Å². The number of rotatable bonds is 15. The average Bonchev–Trinajstić information content (AvgIpc) is 3.15. The lowest BCUT2D eigenvalue weighted by Gasteiger charge is -2.42. The van der Waals surface area contributed by atoms with E-state index in [1.54, 1.807) is 13.8 Å². The van der Waals surface area contributed by atoms with Crippen LogP contribution in [-0.4, -0.2) is 110 Å². The number of carbonyl (C=O) groups excluding carboxylic acids is 3. The smallest absolute Gasteiger partial charge is 0.212 e. The molecule has 15 nitrogen and oxygen atoms in total. The van der Waals surface area contributed by atoms with Gasteiger partial charge in [-0.3, -0.25) is 14.4 Å². The summed E-state index contributed by atoms with van der Waals surface area (Å²) in [5.41, 5.74) is -4.65. The normalized spacial score (nSPS) is 25.8. The molecule has 8 N–H and O–H groups in total. The van der Waals surface area contributed by atoms with E-state index in [2.05, 4.69) is 30.2 Å². The molecule has 57 heavy (non-hydrogen) atoms. The number of carbonyl (C=O) groups is 3. The molecule has 1 aliphatic heterocycles. The summed E-state index contributed by atoms with van der Waals surface area (Å²) in [5, 5.41) is 74.2. The van der Waals surface area contributed by atoms with Crippen molar-refractivity contribution >= 4 is 40.7 Å². The maximum absolute atomic E-state index is 14.0. The Morgan fingerprint density at radius 1 is 1.14 bits per heavy atom. The minimum atomic E-state index is -2.09. The third-order valence-electron chi connectivity index (χ3n) is 11.4. The number of benzene rings is 2. The standard InChI is InChI=1S/C40H56N3O12PS/c1-8-39(6,19-41-16-20(2)45)18-38(4,5)37(51)57(56)43-42-27(17-44)40(52)14-23-30(26(15-40)55-28-13-12-24(46)21(3)54-28)36(50)32-31(34(23)48)33(47)22-10-9-11-25(53-7)29(22)35(32)49/h9-11,20-21,24,26,28,41,43-46,48,50,52,56H,8,12-19H2,1-7H3/b42-27-/t20?,21?,24?,26-,28?,39?,40-,57?/m0/s1. The summed E-state index contributed by atoms with van der Waals surface area (Å²) in [6.07, 6.45) is -3.16. The predicted molar refractivity (Wildman–Crippen MR) is 216 cm³/mol. The second-order valence-electron chi connectivity index (χ2n) is 16.4. The molecule has 8 atom stereocenters. The lowest BCUT2D eigenvalue weighted by molar-refractivity contribution is -0.241. The average molecular weight is 834 g/mol. The van der Waals surface area contributed by atoms with Gasteiger partial charge in [0.05, 0.1) is 60.5 Å².